The number of rotatable bonds is 12. The standard InChI is InChI=1S/C21H28BrO5P/c1-2-3-4-5-6-7-13-26-19-10-8-9-17(14-19)16-27-20-12-11-18(22)15-21(20)28(23,24)25/h8-12,14-15H,2-7,13,16H2,1H3,(H2,23,24,25)/p-2. The SMILES string of the molecule is CCCCCCCCOc1cccc(COc2ccc(Br)cc2P(=O)([O-])[O-])c1. The number of hydrogen-bond acceptors (Lipinski definition) is 5. The van der Waals surface area contributed by atoms with Crippen molar-refractivity contribution in [3.8, 4) is 11.5 Å². The van der Waals surface area contributed by atoms with Crippen molar-refractivity contribution in [2.24, 2.45) is 0 Å². The van der Waals surface area contributed by atoms with E-state index in [1.165, 1.54) is 44.2 Å². The summed E-state index contributed by atoms with van der Waals surface area (Å²) in [5.74, 6) is 0.805. The highest BCUT2D eigenvalue weighted by atomic mass is 79.9. The molecule has 0 heterocycles. The van der Waals surface area contributed by atoms with Crippen LogP contribution in [-0.2, 0) is 11.2 Å². The summed E-state index contributed by atoms with van der Waals surface area (Å²) in [5.41, 5.74) is 0.834. The average Bonchev–Trinajstić information content (AvgIpc) is 2.66. The minimum atomic E-state index is -4.92. The molecule has 7 heteroatoms. The van der Waals surface area contributed by atoms with E-state index in [0.29, 0.717) is 11.1 Å². The van der Waals surface area contributed by atoms with Crippen LogP contribution in [0, 0.1) is 0 Å². The Hall–Kier alpha value is -1.33. The van der Waals surface area contributed by atoms with E-state index in [1.54, 1.807) is 6.07 Å². The first-order valence-corrected chi connectivity index (χ1v) is 11.9. The van der Waals surface area contributed by atoms with Crippen molar-refractivity contribution >= 4 is 28.8 Å². The first-order chi connectivity index (χ1) is 13.4. The molecule has 154 valence electrons. The van der Waals surface area contributed by atoms with Gasteiger partial charge in [-0.15, -0.1) is 0 Å². The van der Waals surface area contributed by atoms with Crippen LogP contribution in [-0.4, -0.2) is 6.61 Å². The van der Waals surface area contributed by atoms with E-state index in [2.05, 4.69) is 22.9 Å². The van der Waals surface area contributed by atoms with Gasteiger partial charge in [0, 0.05) is 9.78 Å². The van der Waals surface area contributed by atoms with Gasteiger partial charge in [-0.1, -0.05) is 67.1 Å². The van der Waals surface area contributed by atoms with Crippen molar-refractivity contribution in [2.75, 3.05) is 6.61 Å². The Kier molecular flexibility index (Phi) is 9.52. The molecule has 2 aromatic rings. The van der Waals surface area contributed by atoms with Crippen molar-refractivity contribution in [3.05, 3.63) is 52.5 Å². The van der Waals surface area contributed by atoms with Crippen LogP contribution in [0.15, 0.2) is 46.9 Å². The zero-order chi connectivity index (χ0) is 20.4. The van der Waals surface area contributed by atoms with Crippen LogP contribution < -0.4 is 24.6 Å². The molecular weight excluding hydrogens is 443 g/mol. The van der Waals surface area contributed by atoms with E-state index >= 15 is 0 Å². The maximum Gasteiger partial charge on any atom is 0.128 e. The van der Waals surface area contributed by atoms with E-state index < -0.39 is 7.60 Å². The number of hydrogen-bond donors (Lipinski definition) is 0. The lowest BCUT2D eigenvalue weighted by Gasteiger charge is -2.31. The van der Waals surface area contributed by atoms with E-state index in [9.17, 15) is 14.4 Å². The predicted molar refractivity (Wildman–Crippen MR) is 111 cm³/mol. The van der Waals surface area contributed by atoms with Crippen molar-refractivity contribution in [1.29, 1.82) is 0 Å². The van der Waals surface area contributed by atoms with Crippen molar-refractivity contribution in [3.63, 3.8) is 0 Å². The van der Waals surface area contributed by atoms with Gasteiger partial charge in [0.05, 0.1) is 6.61 Å². The fraction of sp³-hybridized carbons (Fsp3) is 0.429. The van der Waals surface area contributed by atoms with Gasteiger partial charge < -0.3 is 23.8 Å². The second-order valence-corrected chi connectivity index (χ2v) is 9.05. The first-order valence-electron chi connectivity index (χ1n) is 9.57. The highest BCUT2D eigenvalue weighted by molar-refractivity contribution is 9.10. The smallest absolute Gasteiger partial charge is 0.128 e. The number of ether oxygens (including phenoxy) is 2. The molecule has 0 aliphatic heterocycles. The minimum Gasteiger partial charge on any atom is -0.807 e. The third kappa shape index (κ3) is 7.96. The highest BCUT2D eigenvalue weighted by Gasteiger charge is 2.09. The Morgan fingerprint density at radius 3 is 2.46 bits per heavy atom. The van der Waals surface area contributed by atoms with Crippen LogP contribution >= 0.6 is 23.5 Å². The monoisotopic (exact) mass is 468 g/mol. The molecule has 5 nitrogen and oxygen atoms in total. The molecule has 2 rings (SSSR count). The fourth-order valence-corrected chi connectivity index (χ4v) is 4.03. The molecule has 0 amide bonds. The summed E-state index contributed by atoms with van der Waals surface area (Å²) >= 11 is 3.17. The lowest BCUT2D eigenvalue weighted by Crippen LogP contribution is -2.26. The third-order valence-electron chi connectivity index (χ3n) is 4.28. The Bertz CT molecular complexity index is 790. The Labute approximate surface area is 175 Å². The normalized spacial score (nSPS) is 11.4. The summed E-state index contributed by atoms with van der Waals surface area (Å²) < 4.78 is 23.3. The van der Waals surface area contributed by atoms with Gasteiger partial charge in [-0.25, -0.2) is 0 Å². The van der Waals surface area contributed by atoms with Gasteiger partial charge in [0.1, 0.15) is 18.1 Å². The van der Waals surface area contributed by atoms with Crippen LogP contribution in [0.4, 0.5) is 0 Å². The minimum absolute atomic E-state index is 0.0509. The molecule has 0 unspecified atom stereocenters. The quantitative estimate of drug-likeness (QED) is 0.342. The summed E-state index contributed by atoms with van der Waals surface area (Å²) in [6, 6.07) is 11.8. The van der Waals surface area contributed by atoms with Gasteiger partial charge in [-0.05, 0) is 49.9 Å². The molecule has 0 saturated carbocycles. The second-order valence-electron chi connectivity index (χ2n) is 6.66. The maximum atomic E-state index is 11.5. The van der Waals surface area contributed by atoms with E-state index in [1.807, 2.05) is 24.3 Å². The van der Waals surface area contributed by atoms with Crippen molar-refractivity contribution in [1.82, 2.24) is 0 Å². The van der Waals surface area contributed by atoms with Crippen LogP contribution in [0.25, 0.3) is 0 Å². The summed E-state index contributed by atoms with van der Waals surface area (Å²) in [6.07, 6.45) is 7.24. The average molecular weight is 469 g/mol. The molecule has 0 atom stereocenters. The summed E-state index contributed by atoms with van der Waals surface area (Å²) in [4.78, 5) is 22.9. The van der Waals surface area contributed by atoms with E-state index in [0.717, 1.165) is 17.7 Å². The van der Waals surface area contributed by atoms with Crippen LogP contribution in [0.5, 0.6) is 11.5 Å². The van der Waals surface area contributed by atoms with E-state index in [-0.39, 0.29) is 17.7 Å². The molecule has 0 saturated heterocycles. The summed E-state index contributed by atoms with van der Waals surface area (Å²) in [6.45, 7) is 3.02. The zero-order valence-corrected chi connectivity index (χ0v) is 18.5. The van der Waals surface area contributed by atoms with Gasteiger partial charge in [0.25, 0.3) is 0 Å². The first kappa shape index (κ1) is 23.0. The van der Waals surface area contributed by atoms with Crippen molar-refractivity contribution in [2.45, 2.75) is 52.1 Å². The van der Waals surface area contributed by atoms with Gasteiger partial charge in [-0.2, -0.15) is 0 Å². The lowest BCUT2D eigenvalue weighted by molar-refractivity contribution is -0.308. The molecule has 0 bridgehead atoms. The molecule has 2 aromatic carbocycles. The molecule has 0 N–H and O–H groups in total. The Balaban J connectivity index is 1.87. The topological polar surface area (TPSA) is 81.7 Å². The summed E-state index contributed by atoms with van der Waals surface area (Å²) in [5, 5.41) is -0.350. The molecule has 0 aliphatic rings. The Morgan fingerprint density at radius 2 is 1.71 bits per heavy atom. The number of halogens is 1. The van der Waals surface area contributed by atoms with Crippen molar-refractivity contribution < 1.29 is 23.8 Å². The second kappa shape index (κ2) is 11.6. The van der Waals surface area contributed by atoms with Gasteiger partial charge in [0.2, 0.25) is 0 Å². The van der Waals surface area contributed by atoms with Gasteiger partial charge >= 0.3 is 0 Å². The van der Waals surface area contributed by atoms with E-state index in [4.69, 9.17) is 9.47 Å². The fourth-order valence-electron chi connectivity index (χ4n) is 2.79. The lowest BCUT2D eigenvalue weighted by atomic mass is 10.1. The number of benzene rings is 2. The zero-order valence-electron chi connectivity index (χ0n) is 16.1. The van der Waals surface area contributed by atoms with Crippen LogP contribution in [0.1, 0.15) is 51.0 Å². The molecular formula is C21H26BrO5P-2. The van der Waals surface area contributed by atoms with Gasteiger partial charge in [0.15, 0.2) is 0 Å². The van der Waals surface area contributed by atoms with Crippen LogP contribution in [0.2, 0.25) is 0 Å². The number of unbranched alkanes of at least 4 members (excludes halogenated alkanes) is 5. The molecule has 0 aliphatic carbocycles. The Morgan fingerprint density at radius 1 is 0.964 bits per heavy atom. The molecule has 0 aromatic heterocycles. The third-order valence-corrected chi connectivity index (χ3v) is 5.71. The largest absolute Gasteiger partial charge is 0.807 e. The molecule has 0 fully saturated rings. The maximum absolute atomic E-state index is 11.5. The molecule has 28 heavy (non-hydrogen) atoms. The van der Waals surface area contributed by atoms with Gasteiger partial charge in [-0.3, -0.25) is 0 Å². The predicted octanol–water partition coefficient (Wildman–Crippen LogP) is 4.31. The molecule has 0 radical (unpaired) electrons. The molecule has 0 spiro atoms. The summed E-state index contributed by atoms with van der Waals surface area (Å²) in [7, 11) is -4.92. The van der Waals surface area contributed by atoms with Crippen LogP contribution in [0.3, 0.4) is 0 Å². The highest BCUT2D eigenvalue weighted by Crippen LogP contribution is 2.31.